The molecule has 1 aliphatic heterocycles. The zero-order valence-corrected chi connectivity index (χ0v) is 19.3. The van der Waals surface area contributed by atoms with Crippen LogP contribution in [0.15, 0.2) is 57.8 Å². The quantitative estimate of drug-likeness (QED) is 0.573. The van der Waals surface area contributed by atoms with Gasteiger partial charge in [-0.05, 0) is 74.1 Å². The van der Waals surface area contributed by atoms with Crippen LogP contribution in [0, 0.1) is 6.92 Å². The Kier molecular flexibility index (Phi) is 6.27. The monoisotopic (exact) mass is 476 g/mol. The summed E-state index contributed by atoms with van der Waals surface area (Å²) in [6, 6.07) is 13.3. The molecule has 162 valence electrons. The number of halogens is 1. The van der Waals surface area contributed by atoms with E-state index in [-0.39, 0.29) is 21.2 Å². The van der Waals surface area contributed by atoms with Crippen LogP contribution in [0.5, 0.6) is 0 Å². The van der Waals surface area contributed by atoms with Gasteiger partial charge in [0.2, 0.25) is 0 Å². The molecule has 1 aliphatic rings. The molecule has 1 amide bonds. The molecule has 0 aliphatic carbocycles. The van der Waals surface area contributed by atoms with E-state index in [9.17, 15) is 13.2 Å². The highest BCUT2D eigenvalue weighted by Gasteiger charge is 2.25. The number of benzene rings is 2. The lowest BCUT2D eigenvalue weighted by molar-refractivity contribution is 0.0716. The molecule has 0 saturated carbocycles. The van der Waals surface area contributed by atoms with E-state index in [0.29, 0.717) is 23.8 Å². The Morgan fingerprint density at radius 2 is 1.68 bits per heavy atom. The summed E-state index contributed by atoms with van der Waals surface area (Å²) < 4.78 is 31.4. The van der Waals surface area contributed by atoms with Crippen LogP contribution >= 0.6 is 23.1 Å². The van der Waals surface area contributed by atoms with E-state index in [2.05, 4.69) is 9.50 Å². The number of sulfonamides is 1. The zero-order chi connectivity index (χ0) is 22.0. The highest BCUT2D eigenvalue weighted by atomic mass is 35.5. The van der Waals surface area contributed by atoms with E-state index in [4.69, 9.17) is 11.6 Å². The molecule has 0 N–H and O–H groups in total. The molecule has 1 saturated heterocycles. The van der Waals surface area contributed by atoms with Gasteiger partial charge < -0.3 is 4.90 Å². The fourth-order valence-corrected chi connectivity index (χ4v) is 5.44. The lowest BCUT2D eigenvalue weighted by Crippen LogP contribution is -2.38. The predicted octanol–water partition coefficient (Wildman–Crippen LogP) is 3.81. The van der Waals surface area contributed by atoms with Gasteiger partial charge in [-0.3, -0.25) is 4.79 Å². The van der Waals surface area contributed by atoms with Crippen LogP contribution < -0.4 is 4.67 Å². The minimum absolute atomic E-state index is 0.0394. The Bertz CT molecular complexity index is 1260. The van der Waals surface area contributed by atoms with E-state index < -0.39 is 10.0 Å². The molecule has 2 heterocycles. The van der Waals surface area contributed by atoms with Crippen molar-refractivity contribution >= 4 is 39.1 Å². The van der Waals surface area contributed by atoms with Gasteiger partial charge >= 0.3 is 0 Å². The van der Waals surface area contributed by atoms with Gasteiger partial charge in [0.05, 0.1) is 10.6 Å². The molecular formula is C21H21ClN4O3S2. The largest absolute Gasteiger partial charge is 0.337 e. The number of carbonyl (C=O) groups is 1. The Balaban J connectivity index is 1.82. The molecule has 0 atom stereocenters. The fourth-order valence-electron chi connectivity index (χ4n) is 3.27. The number of piperidine rings is 1. The summed E-state index contributed by atoms with van der Waals surface area (Å²) in [4.78, 5) is 14.9. The maximum atomic E-state index is 13.2. The lowest BCUT2D eigenvalue weighted by Gasteiger charge is -2.25. The standard InChI is InChI=1S/C21H21ClN4O3S2/c1-15-5-11-18(12-6-15)31(28,29)24-20-19(21(27)25-13-3-2-4-14-25)23-26(30-20)17-9-7-16(22)8-10-17/h5-12H,2-4,13-14H2,1H3/b24-20-. The van der Waals surface area contributed by atoms with Crippen molar-refractivity contribution in [2.24, 2.45) is 4.40 Å². The van der Waals surface area contributed by atoms with Crippen molar-refractivity contribution in [1.29, 1.82) is 0 Å². The van der Waals surface area contributed by atoms with Crippen molar-refractivity contribution in [2.75, 3.05) is 13.1 Å². The number of hydrogen-bond donors (Lipinski definition) is 0. The smallest absolute Gasteiger partial charge is 0.283 e. The lowest BCUT2D eigenvalue weighted by atomic mass is 10.1. The number of aryl methyl sites for hydroxylation is 1. The van der Waals surface area contributed by atoms with Gasteiger partial charge in [0.25, 0.3) is 15.9 Å². The van der Waals surface area contributed by atoms with Crippen molar-refractivity contribution in [3.05, 3.63) is 69.5 Å². The number of aromatic nitrogens is 2. The molecule has 0 bridgehead atoms. The molecule has 7 nitrogen and oxygen atoms in total. The van der Waals surface area contributed by atoms with Crippen LogP contribution in [0.1, 0.15) is 35.3 Å². The third kappa shape index (κ3) is 4.89. The van der Waals surface area contributed by atoms with E-state index in [1.807, 2.05) is 6.92 Å². The molecule has 0 radical (unpaired) electrons. The van der Waals surface area contributed by atoms with Crippen LogP contribution in [0.25, 0.3) is 5.69 Å². The SMILES string of the molecule is Cc1ccc(S(=O)(=O)/N=c2\sn(-c3ccc(Cl)cc3)nc2C(=O)N2CCCCC2)cc1. The number of likely N-dealkylation sites (tertiary alicyclic amines) is 1. The molecular weight excluding hydrogens is 456 g/mol. The van der Waals surface area contributed by atoms with Crippen LogP contribution in [0.3, 0.4) is 0 Å². The highest BCUT2D eigenvalue weighted by Crippen LogP contribution is 2.17. The average molecular weight is 477 g/mol. The summed E-state index contributed by atoms with van der Waals surface area (Å²) in [5, 5.41) is 4.99. The maximum absolute atomic E-state index is 13.2. The first-order valence-electron chi connectivity index (χ1n) is 9.87. The molecule has 1 fully saturated rings. The van der Waals surface area contributed by atoms with E-state index in [0.717, 1.165) is 36.4 Å². The van der Waals surface area contributed by atoms with Crippen molar-refractivity contribution in [1.82, 2.24) is 14.1 Å². The summed E-state index contributed by atoms with van der Waals surface area (Å²) in [6.07, 6.45) is 2.91. The first-order chi connectivity index (χ1) is 14.8. The summed E-state index contributed by atoms with van der Waals surface area (Å²) in [6.45, 7) is 3.13. The number of carbonyl (C=O) groups excluding carboxylic acids is 1. The normalized spacial score (nSPS) is 15.3. The van der Waals surface area contributed by atoms with Gasteiger partial charge in [0, 0.05) is 18.1 Å². The molecule has 31 heavy (non-hydrogen) atoms. The minimum Gasteiger partial charge on any atom is -0.337 e. The Morgan fingerprint density at radius 3 is 2.32 bits per heavy atom. The fraction of sp³-hybridized carbons (Fsp3) is 0.286. The van der Waals surface area contributed by atoms with Crippen molar-refractivity contribution < 1.29 is 13.2 Å². The van der Waals surface area contributed by atoms with E-state index in [1.54, 1.807) is 41.3 Å². The second-order valence-corrected chi connectivity index (χ2v) is 10.3. The third-order valence-electron chi connectivity index (χ3n) is 4.98. The van der Waals surface area contributed by atoms with Crippen molar-refractivity contribution in [3.63, 3.8) is 0 Å². The average Bonchev–Trinajstić information content (AvgIpc) is 3.17. The summed E-state index contributed by atoms with van der Waals surface area (Å²) in [5.74, 6) is -0.304. The van der Waals surface area contributed by atoms with Crippen LogP contribution in [0.4, 0.5) is 0 Å². The van der Waals surface area contributed by atoms with Gasteiger partial charge in [-0.2, -0.15) is 12.5 Å². The van der Waals surface area contributed by atoms with Crippen molar-refractivity contribution in [2.45, 2.75) is 31.1 Å². The molecule has 10 heteroatoms. The van der Waals surface area contributed by atoms with Crippen LogP contribution in [-0.2, 0) is 10.0 Å². The highest BCUT2D eigenvalue weighted by molar-refractivity contribution is 7.90. The first-order valence-corrected chi connectivity index (χ1v) is 12.5. The third-order valence-corrected chi connectivity index (χ3v) is 7.56. The molecule has 1 aromatic heterocycles. The number of rotatable bonds is 4. The van der Waals surface area contributed by atoms with Gasteiger partial charge in [-0.1, -0.05) is 29.3 Å². The number of hydrogen-bond acceptors (Lipinski definition) is 5. The Morgan fingerprint density at radius 1 is 1.03 bits per heavy atom. The summed E-state index contributed by atoms with van der Waals surface area (Å²) in [5.41, 5.74) is 1.65. The molecule has 2 aromatic carbocycles. The Labute approximate surface area is 189 Å². The molecule has 0 unspecified atom stereocenters. The van der Waals surface area contributed by atoms with Crippen molar-refractivity contribution in [3.8, 4) is 5.69 Å². The zero-order valence-electron chi connectivity index (χ0n) is 16.9. The van der Waals surface area contributed by atoms with Gasteiger partial charge in [0.1, 0.15) is 0 Å². The van der Waals surface area contributed by atoms with E-state index >= 15 is 0 Å². The van der Waals surface area contributed by atoms with Gasteiger partial charge in [-0.15, -0.1) is 9.50 Å². The first kappa shape index (κ1) is 21.7. The number of amides is 1. The summed E-state index contributed by atoms with van der Waals surface area (Å²) >= 11 is 6.97. The van der Waals surface area contributed by atoms with Crippen LogP contribution in [0.2, 0.25) is 5.02 Å². The minimum atomic E-state index is -4.00. The number of nitrogens with zero attached hydrogens (tertiary/aromatic N) is 4. The van der Waals surface area contributed by atoms with E-state index in [1.165, 1.54) is 16.2 Å². The maximum Gasteiger partial charge on any atom is 0.283 e. The van der Waals surface area contributed by atoms with Gasteiger partial charge in [0.15, 0.2) is 10.4 Å². The van der Waals surface area contributed by atoms with Crippen LogP contribution in [-0.4, -0.2) is 41.5 Å². The summed E-state index contributed by atoms with van der Waals surface area (Å²) in [7, 11) is -4.00. The Hall–Kier alpha value is -2.49. The second kappa shape index (κ2) is 8.94. The van der Waals surface area contributed by atoms with Gasteiger partial charge in [-0.25, -0.2) is 0 Å². The molecule has 3 aromatic rings. The second-order valence-electron chi connectivity index (χ2n) is 7.33. The predicted molar refractivity (Wildman–Crippen MR) is 120 cm³/mol. The molecule has 4 rings (SSSR count). The topological polar surface area (TPSA) is 84.6 Å². The molecule has 0 spiro atoms.